The van der Waals surface area contributed by atoms with Crippen LogP contribution in [0.4, 0.5) is 4.39 Å². The van der Waals surface area contributed by atoms with Crippen LogP contribution in [0.25, 0.3) is 5.70 Å². The molecule has 0 unspecified atom stereocenters. The van der Waals surface area contributed by atoms with E-state index < -0.39 is 0 Å². The van der Waals surface area contributed by atoms with E-state index in [1.54, 1.807) is 30.0 Å². The molecule has 0 saturated heterocycles. The van der Waals surface area contributed by atoms with Crippen molar-refractivity contribution in [3.05, 3.63) is 60.1 Å². The number of benzene rings is 1. The first-order chi connectivity index (χ1) is 9.69. The van der Waals surface area contributed by atoms with Crippen molar-refractivity contribution in [2.45, 2.75) is 6.92 Å². The molecule has 0 atom stereocenters. The molecule has 1 aromatic carbocycles. The second-order valence-corrected chi connectivity index (χ2v) is 5.04. The summed E-state index contributed by atoms with van der Waals surface area (Å²) in [5.41, 5.74) is 1.92. The van der Waals surface area contributed by atoms with Crippen molar-refractivity contribution in [3.8, 4) is 5.75 Å². The molecule has 0 saturated carbocycles. The van der Waals surface area contributed by atoms with Crippen LogP contribution >= 0.6 is 11.8 Å². The smallest absolute Gasteiger partial charge is 0.132 e. The molecule has 2 rings (SSSR count). The third kappa shape index (κ3) is 4.21. The molecule has 0 fully saturated rings. The van der Waals surface area contributed by atoms with Crippen molar-refractivity contribution in [1.29, 1.82) is 0 Å². The van der Waals surface area contributed by atoms with Crippen molar-refractivity contribution >= 4 is 17.5 Å². The Labute approximate surface area is 155 Å². The Bertz CT molecular complexity index is 571. The van der Waals surface area contributed by atoms with Crippen LogP contribution in [0.2, 0.25) is 0 Å². The van der Waals surface area contributed by atoms with Crippen molar-refractivity contribution in [2.24, 2.45) is 0 Å². The van der Waals surface area contributed by atoms with Gasteiger partial charge in [0.1, 0.15) is 5.94 Å². The van der Waals surface area contributed by atoms with Crippen molar-refractivity contribution < 1.29 is 41.8 Å². The Balaban J connectivity index is 0.00000220. The molecule has 0 amide bonds. The van der Waals surface area contributed by atoms with E-state index in [4.69, 9.17) is 4.74 Å². The van der Waals surface area contributed by atoms with E-state index in [1.165, 1.54) is 6.07 Å². The fraction of sp³-hybridized carbons (Fsp3) is 0.250. The van der Waals surface area contributed by atoms with Crippen LogP contribution in [0.15, 0.2) is 42.6 Å². The van der Waals surface area contributed by atoms with Gasteiger partial charge < -0.3 is 9.64 Å². The molecule has 2 nitrogen and oxygen atoms in total. The molecule has 1 aromatic rings. The Kier molecular flexibility index (Phi) is 7.71. The first kappa shape index (κ1) is 18.5. The summed E-state index contributed by atoms with van der Waals surface area (Å²) in [7, 11) is 0. The molecule has 0 spiro atoms. The van der Waals surface area contributed by atoms with E-state index >= 15 is 0 Å². The zero-order valence-corrected chi connectivity index (χ0v) is 15.9. The Morgan fingerprint density at radius 1 is 1.43 bits per heavy atom. The van der Waals surface area contributed by atoms with E-state index in [1.807, 2.05) is 24.2 Å². The average molecular weight is 379 g/mol. The molecule has 0 aliphatic carbocycles. The average Bonchev–Trinajstić information content (AvgIpc) is 2.45. The maximum absolute atomic E-state index is 14.3. The van der Waals surface area contributed by atoms with Crippen molar-refractivity contribution in [1.82, 2.24) is 4.90 Å². The van der Waals surface area contributed by atoms with Gasteiger partial charge in [-0.25, -0.2) is 4.39 Å². The van der Waals surface area contributed by atoms with Gasteiger partial charge in [-0.05, 0) is 36.6 Å². The minimum atomic E-state index is -0.312. The normalized spacial score (nSPS) is 13.8. The van der Waals surface area contributed by atoms with Crippen molar-refractivity contribution in [2.75, 3.05) is 18.7 Å². The molecule has 0 aromatic heterocycles. The van der Waals surface area contributed by atoms with E-state index in [0.29, 0.717) is 29.5 Å². The largest absolute Gasteiger partial charge is 0.495 e. The molecule has 109 valence electrons. The first-order valence-corrected chi connectivity index (χ1v) is 7.75. The number of ether oxygens (including phenoxy) is 1. The third-order valence-corrected chi connectivity index (χ3v) is 3.33. The molecule has 1 aliphatic heterocycles. The summed E-state index contributed by atoms with van der Waals surface area (Å²) in [6.45, 7) is 6.67. The predicted octanol–water partition coefficient (Wildman–Crippen LogP) is 4.07. The van der Waals surface area contributed by atoms with E-state index in [2.05, 4.69) is 12.7 Å². The van der Waals surface area contributed by atoms with Gasteiger partial charge in [-0.3, -0.25) is 0 Å². The zero-order valence-electron chi connectivity index (χ0n) is 12.2. The second-order valence-electron chi connectivity index (χ2n) is 4.23. The summed E-state index contributed by atoms with van der Waals surface area (Å²) >= 11 is 1.55. The molecule has 5 heteroatoms. The molecule has 21 heavy (non-hydrogen) atoms. The second kappa shape index (κ2) is 8.77. The molecular formula is C16H17FNOSY-. The van der Waals surface area contributed by atoms with Gasteiger partial charge in [0.15, 0.2) is 0 Å². The SMILES string of the molecule is C=C1C=C[C-]=C(c2c(F)cccc2OCSC)N1CC.[Y]. The molecule has 1 aliphatic rings. The van der Waals surface area contributed by atoms with Crippen LogP contribution in [0.5, 0.6) is 5.75 Å². The number of likely N-dealkylation sites (N-methyl/N-ethyl adjacent to an activating group) is 1. The van der Waals surface area contributed by atoms with Gasteiger partial charge in [-0.15, -0.1) is 17.8 Å². The van der Waals surface area contributed by atoms with Crippen LogP contribution in [-0.2, 0) is 32.7 Å². The summed E-state index contributed by atoms with van der Waals surface area (Å²) in [6.07, 6.45) is 8.65. The van der Waals surface area contributed by atoms with Gasteiger partial charge >= 0.3 is 0 Å². The topological polar surface area (TPSA) is 12.5 Å². The Morgan fingerprint density at radius 3 is 2.86 bits per heavy atom. The van der Waals surface area contributed by atoms with Crippen LogP contribution in [0.1, 0.15) is 12.5 Å². The monoisotopic (exact) mass is 379 g/mol. The third-order valence-electron chi connectivity index (χ3n) is 2.97. The maximum atomic E-state index is 14.3. The first-order valence-electron chi connectivity index (χ1n) is 6.36. The predicted molar refractivity (Wildman–Crippen MR) is 82.7 cm³/mol. The summed E-state index contributed by atoms with van der Waals surface area (Å²) in [6, 6.07) is 4.86. The van der Waals surface area contributed by atoms with Crippen LogP contribution < -0.4 is 4.74 Å². The molecule has 0 bridgehead atoms. The maximum Gasteiger partial charge on any atom is 0.132 e. The van der Waals surface area contributed by atoms with E-state index in [0.717, 1.165) is 5.70 Å². The van der Waals surface area contributed by atoms with Gasteiger partial charge in [0.05, 0.1) is 11.6 Å². The minimum absolute atomic E-state index is 0. The van der Waals surface area contributed by atoms with Gasteiger partial charge in [0, 0.05) is 39.3 Å². The molecule has 0 N–H and O–H groups in total. The number of hydrogen-bond acceptors (Lipinski definition) is 3. The summed E-state index contributed by atoms with van der Waals surface area (Å²) in [4.78, 5) is 1.92. The molecule has 1 heterocycles. The number of thioether (sulfide) groups is 1. The standard InChI is InChI=1S/C16H17FNOS.Y/c1-4-18-12(2)7-5-9-14(18)16-13(17)8-6-10-15(16)19-11-20-3;/h5-8,10H,2,4,11H2,1,3H3;/q-1;. The number of halogens is 1. The van der Waals surface area contributed by atoms with Gasteiger partial charge in [0.2, 0.25) is 0 Å². The van der Waals surface area contributed by atoms with Gasteiger partial charge in [0.25, 0.3) is 0 Å². The van der Waals surface area contributed by atoms with Gasteiger partial charge in [-0.1, -0.05) is 18.3 Å². The Hall–Kier alpha value is -0.576. The van der Waals surface area contributed by atoms with Gasteiger partial charge in [-0.2, -0.15) is 12.2 Å². The number of allylic oxidation sites excluding steroid dienone is 3. The van der Waals surface area contributed by atoms with Crippen molar-refractivity contribution in [3.63, 3.8) is 0 Å². The fourth-order valence-corrected chi connectivity index (χ4v) is 2.32. The number of nitrogens with zero attached hydrogens (tertiary/aromatic N) is 1. The summed E-state index contributed by atoms with van der Waals surface area (Å²) in [5.74, 6) is 0.697. The van der Waals surface area contributed by atoms with Crippen LogP contribution in [-0.4, -0.2) is 23.6 Å². The molecular weight excluding hydrogens is 362 g/mol. The Morgan fingerprint density at radius 2 is 2.19 bits per heavy atom. The molecule has 1 radical (unpaired) electrons. The summed E-state index contributed by atoms with van der Waals surface area (Å²) < 4.78 is 19.9. The number of rotatable bonds is 5. The summed E-state index contributed by atoms with van der Waals surface area (Å²) in [5, 5.41) is 0. The number of hydrogen-bond donors (Lipinski definition) is 0. The van der Waals surface area contributed by atoms with Crippen LogP contribution in [0, 0.1) is 11.9 Å². The van der Waals surface area contributed by atoms with Crippen LogP contribution in [0.3, 0.4) is 0 Å². The quantitative estimate of drug-likeness (QED) is 0.565. The fourth-order valence-electron chi connectivity index (χ4n) is 2.07. The zero-order chi connectivity index (χ0) is 14.5. The minimum Gasteiger partial charge on any atom is -0.495 e. The van der Waals surface area contributed by atoms with E-state index in [9.17, 15) is 4.39 Å². The van der Waals surface area contributed by atoms with E-state index in [-0.39, 0.29) is 38.5 Å².